The molecule has 1 aromatic heterocycles. The number of nitrogens with zero attached hydrogens (tertiary/aromatic N) is 2. The van der Waals surface area contributed by atoms with E-state index in [0.29, 0.717) is 0 Å². The first kappa shape index (κ1) is 18.6. The molecule has 0 spiro atoms. The molecule has 2 heterocycles. The van der Waals surface area contributed by atoms with E-state index >= 15 is 0 Å². The van der Waals surface area contributed by atoms with Crippen molar-refractivity contribution in [2.45, 2.75) is 32.5 Å². The molecule has 0 aliphatic carbocycles. The van der Waals surface area contributed by atoms with Gasteiger partial charge in [0.15, 0.2) is 0 Å². The zero-order valence-electron chi connectivity index (χ0n) is 13.4. The second-order valence-electron chi connectivity index (χ2n) is 5.86. The van der Waals surface area contributed by atoms with Crippen LogP contribution in [0.3, 0.4) is 0 Å². The van der Waals surface area contributed by atoms with Crippen LogP contribution in [0.1, 0.15) is 13.8 Å². The molecule has 3 atom stereocenters. The molecule has 1 fully saturated rings. The Morgan fingerprint density at radius 3 is 2.83 bits per heavy atom. The number of anilines is 1. The average molecular weight is 360 g/mol. The molecule has 2 rings (SSSR count). The van der Waals surface area contributed by atoms with Gasteiger partial charge in [-0.05, 0) is 12.0 Å². The van der Waals surface area contributed by atoms with Gasteiger partial charge in [0.05, 0.1) is 13.2 Å². The van der Waals surface area contributed by atoms with Crippen LogP contribution in [0.2, 0.25) is 0 Å². The van der Waals surface area contributed by atoms with Crippen molar-refractivity contribution >= 4 is 19.3 Å². The van der Waals surface area contributed by atoms with E-state index in [4.69, 9.17) is 20.1 Å². The Morgan fingerprint density at radius 1 is 1.62 bits per heavy atom. The summed E-state index contributed by atoms with van der Waals surface area (Å²) in [4.78, 5) is 26.5. The Morgan fingerprint density at radius 2 is 2.33 bits per heavy atom. The molecular weight excluding hydrogens is 339 g/mol. The third-order valence-electron chi connectivity index (χ3n) is 3.51. The first-order valence-electron chi connectivity index (χ1n) is 7.39. The van der Waals surface area contributed by atoms with Gasteiger partial charge < -0.3 is 20.1 Å². The van der Waals surface area contributed by atoms with E-state index in [1.54, 1.807) is 13.8 Å². The topological polar surface area (TPSA) is 146 Å². The quantitative estimate of drug-likeness (QED) is 0.601. The largest absolute Gasteiger partial charge is 0.480 e. The molecule has 1 aliphatic rings. The van der Waals surface area contributed by atoms with Crippen molar-refractivity contribution in [1.82, 2.24) is 14.6 Å². The van der Waals surface area contributed by atoms with Gasteiger partial charge in [0.2, 0.25) is 0 Å². The monoisotopic (exact) mass is 360 g/mol. The molecule has 11 heteroatoms. The summed E-state index contributed by atoms with van der Waals surface area (Å²) in [6.45, 7) is 3.53. The van der Waals surface area contributed by atoms with E-state index in [-0.39, 0.29) is 31.2 Å². The minimum Gasteiger partial charge on any atom is -0.480 e. The van der Waals surface area contributed by atoms with E-state index in [9.17, 15) is 14.2 Å². The first-order valence-corrected chi connectivity index (χ1v) is 9.20. The third kappa shape index (κ3) is 4.64. The number of nitrogens with two attached hydrogens (primary N) is 1. The summed E-state index contributed by atoms with van der Waals surface area (Å²) in [6, 6.07) is 0.484. The number of nitrogens with one attached hydrogen (secondary N) is 1. The van der Waals surface area contributed by atoms with Crippen LogP contribution in [0.5, 0.6) is 0 Å². The molecule has 1 aromatic rings. The molecule has 0 saturated carbocycles. The van der Waals surface area contributed by atoms with Crippen LogP contribution in [-0.4, -0.2) is 45.7 Å². The van der Waals surface area contributed by atoms with Gasteiger partial charge in [-0.3, -0.25) is 13.9 Å². The lowest BCUT2D eigenvalue weighted by molar-refractivity contribution is -0.140. The molecule has 0 radical (unpaired) electrons. The molecule has 0 bridgehead atoms. The van der Waals surface area contributed by atoms with Crippen molar-refractivity contribution in [2.24, 2.45) is 5.92 Å². The molecular formula is C13H21N4O6P. The summed E-state index contributed by atoms with van der Waals surface area (Å²) in [5.41, 5.74) is 4.90. The lowest BCUT2D eigenvalue weighted by Crippen LogP contribution is -2.43. The maximum atomic E-state index is 12.5. The highest BCUT2D eigenvalue weighted by molar-refractivity contribution is 7.56. The zero-order valence-corrected chi connectivity index (χ0v) is 14.3. The Kier molecular flexibility index (Phi) is 5.76. The number of carbonyl (C=O) groups is 1. The number of aromatic nitrogens is 2. The minimum atomic E-state index is -3.42. The Labute approximate surface area is 138 Å². The standard InChI is InChI=1S/C13H21N4O6P/c1-8(2)11(12(18)19)16-24(21)7-22-9(6-23-24)5-17-4-3-10(14)15-13(17)20/h3-4,8-9,11H,5-7H2,1-2H3,(H,16,21)(H,18,19)(H2,14,15,20)/t9-,11?,24?/m0/s1. The number of hydrogen-bond acceptors (Lipinski definition) is 7. The van der Waals surface area contributed by atoms with Crippen molar-refractivity contribution in [3.63, 3.8) is 0 Å². The van der Waals surface area contributed by atoms with Crippen LogP contribution in [0.4, 0.5) is 5.82 Å². The van der Waals surface area contributed by atoms with Crippen LogP contribution in [0, 0.1) is 5.92 Å². The maximum absolute atomic E-state index is 12.5. The number of carboxylic acid groups (broad SMARTS) is 1. The fourth-order valence-electron chi connectivity index (χ4n) is 2.17. The average Bonchev–Trinajstić information content (AvgIpc) is 2.49. The molecule has 24 heavy (non-hydrogen) atoms. The van der Waals surface area contributed by atoms with Gasteiger partial charge in [-0.1, -0.05) is 13.8 Å². The normalized spacial score (nSPS) is 25.5. The molecule has 0 aromatic carbocycles. The van der Waals surface area contributed by atoms with E-state index in [1.807, 2.05) is 0 Å². The summed E-state index contributed by atoms with van der Waals surface area (Å²) in [5, 5.41) is 11.7. The molecule has 4 N–H and O–H groups in total. The first-order chi connectivity index (χ1) is 11.2. The fourth-order valence-corrected chi connectivity index (χ4v) is 4.04. The highest BCUT2D eigenvalue weighted by Crippen LogP contribution is 2.46. The van der Waals surface area contributed by atoms with Crippen molar-refractivity contribution in [1.29, 1.82) is 0 Å². The van der Waals surface area contributed by atoms with E-state index < -0.39 is 31.3 Å². The van der Waals surface area contributed by atoms with Crippen molar-refractivity contribution in [3.05, 3.63) is 22.7 Å². The highest BCUT2D eigenvalue weighted by Gasteiger charge is 2.37. The summed E-state index contributed by atoms with van der Waals surface area (Å²) >= 11 is 0. The Bertz CT molecular complexity index is 694. The van der Waals surface area contributed by atoms with Crippen LogP contribution < -0.4 is 16.5 Å². The summed E-state index contributed by atoms with van der Waals surface area (Å²) < 4.78 is 24.7. The van der Waals surface area contributed by atoms with E-state index in [2.05, 4.69) is 10.1 Å². The molecule has 1 aliphatic heterocycles. The molecule has 0 amide bonds. The predicted molar refractivity (Wildman–Crippen MR) is 85.6 cm³/mol. The highest BCUT2D eigenvalue weighted by atomic mass is 31.2. The van der Waals surface area contributed by atoms with Crippen molar-refractivity contribution < 1.29 is 23.7 Å². The molecule has 134 valence electrons. The summed E-state index contributed by atoms with van der Waals surface area (Å²) in [7, 11) is -3.42. The number of nitrogen functional groups attached to an aromatic ring is 1. The second-order valence-corrected chi connectivity index (χ2v) is 7.98. The molecule has 1 saturated heterocycles. The van der Waals surface area contributed by atoms with E-state index in [1.165, 1.54) is 16.8 Å². The van der Waals surface area contributed by atoms with Crippen LogP contribution in [0.25, 0.3) is 0 Å². The summed E-state index contributed by atoms with van der Waals surface area (Å²) in [6.07, 6.45) is 0.713. The Hall–Kier alpha value is -1.74. The third-order valence-corrected chi connectivity index (χ3v) is 5.24. The number of aliphatic carboxylic acids is 1. The van der Waals surface area contributed by atoms with Gasteiger partial charge >= 0.3 is 11.7 Å². The van der Waals surface area contributed by atoms with Crippen molar-refractivity contribution in [2.75, 3.05) is 18.7 Å². The zero-order chi connectivity index (χ0) is 17.9. The number of ether oxygens (including phenoxy) is 1. The van der Waals surface area contributed by atoms with Gasteiger partial charge in [0, 0.05) is 6.20 Å². The van der Waals surface area contributed by atoms with Crippen LogP contribution in [0.15, 0.2) is 17.1 Å². The van der Waals surface area contributed by atoms with Crippen molar-refractivity contribution in [3.8, 4) is 0 Å². The van der Waals surface area contributed by atoms with Crippen LogP contribution >= 0.6 is 7.52 Å². The molecule has 10 nitrogen and oxygen atoms in total. The van der Waals surface area contributed by atoms with Gasteiger partial charge in [-0.15, -0.1) is 0 Å². The molecule has 2 unspecified atom stereocenters. The lowest BCUT2D eigenvalue weighted by atomic mass is 10.1. The summed E-state index contributed by atoms with van der Waals surface area (Å²) in [5.74, 6) is -1.25. The van der Waals surface area contributed by atoms with Gasteiger partial charge in [0.1, 0.15) is 24.3 Å². The fraction of sp³-hybridized carbons (Fsp3) is 0.615. The second kappa shape index (κ2) is 7.43. The smallest absolute Gasteiger partial charge is 0.349 e. The van der Waals surface area contributed by atoms with Crippen LogP contribution in [-0.2, 0) is 25.2 Å². The van der Waals surface area contributed by atoms with Gasteiger partial charge in [-0.25, -0.2) is 9.88 Å². The SMILES string of the molecule is CC(C)C(NP1(=O)CO[C@@H](Cn2ccc(N)nc2=O)CO1)C(=O)O. The number of rotatable bonds is 6. The number of carboxylic acids is 1. The van der Waals surface area contributed by atoms with E-state index in [0.717, 1.165) is 0 Å². The minimum absolute atomic E-state index is 0.0362. The maximum Gasteiger partial charge on any atom is 0.349 e. The predicted octanol–water partition coefficient (Wildman–Crippen LogP) is 0.0903. The van der Waals surface area contributed by atoms with Gasteiger partial charge in [0.25, 0.3) is 7.52 Å². The van der Waals surface area contributed by atoms with Gasteiger partial charge in [-0.2, -0.15) is 4.98 Å². The Balaban J connectivity index is 1.96. The number of hydrogen-bond donors (Lipinski definition) is 3. The lowest BCUT2D eigenvalue weighted by Gasteiger charge is -2.32.